The zero-order valence-electron chi connectivity index (χ0n) is 14.7. The standard InChI is InChI=1S/C20H31NOS/c1-19-11-12-21-18(23)8-4-13(19)3-5-14-15-6-7-17(22)20(15,2)10-9-16(14)19/h13-16H,3-12H2,1-2H3,(H,21,23)/t13-,14-,15?,16?,19-,20-/m0/s1. The van der Waals surface area contributed by atoms with Gasteiger partial charge in [-0.15, -0.1) is 0 Å². The third-order valence-corrected chi connectivity index (χ3v) is 8.83. The fourth-order valence-corrected chi connectivity index (χ4v) is 7.25. The molecular formula is C20H31NOS. The third-order valence-electron chi connectivity index (χ3n) is 8.48. The van der Waals surface area contributed by atoms with Crippen LogP contribution in [0.5, 0.6) is 0 Å². The van der Waals surface area contributed by atoms with Crippen LogP contribution in [-0.4, -0.2) is 17.3 Å². The molecule has 1 saturated heterocycles. The predicted octanol–water partition coefficient (Wildman–Crippen LogP) is 4.52. The van der Waals surface area contributed by atoms with Crippen LogP contribution in [0.1, 0.15) is 71.6 Å². The van der Waals surface area contributed by atoms with Gasteiger partial charge in [-0.1, -0.05) is 26.1 Å². The van der Waals surface area contributed by atoms with Crippen molar-refractivity contribution in [1.29, 1.82) is 0 Å². The van der Waals surface area contributed by atoms with Crippen molar-refractivity contribution < 1.29 is 4.79 Å². The van der Waals surface area contributed by atoms with Gasteiger partial charge >= 0.3 is 0 Å². The third kappa shape index (κ3) is 2.33. The van der Waals surface area contributed by atoms with E-state index in [0.29, 0.717) is 17.1 Å². The minimum Gasteiger partial charge on any atom is -0.380 e. The Morgan fingerprint density at radius 2 is 1.83 bits per heavy atom. The van der Waals surface area contributed by atoms with Crippen molar-refractivity contribution in [2.24, 2.45) is 34.5 Å². The number of carbonyl (C=O) groups is 1. The zero-order chi connectivity index (χ0) is 16.2. The van der Waals surface area contributed by atoms with Crippen molar-refractivity contribution in [1.82, 2.24) is 5.32 Å². The van der Waals surface area contributed by atoms with Crippen LogP contribution in [0.25, 0.3) is 0 Å². The number of thiocarbonyl (C=S) groups is 1. The summed E-state index contributed by atoms with van der Waals surface area (Å²) >= 11 is 5.44. The number of hydrogen-bond donors (Lipinski definition) is 1. The summed E-state index contributed by atoms with van der Waals surface area (Å²) in [7, 11) is 0. The lowest BCUT2D eigenvalue weighted by Crippen LogP contribution is -2.53. The van der Waals surface area contributed by atoms with Crippen LogP contribution in [-0.2, 0) is 4.79 Å². The van der Waals surface area contributed by atoms with Crippen LogP contribution in [0.3, 0.4) is 0 Å². The molecule has 0 radical (unpaired) electrons. The highest BCUT2D eigenvalue weighted by molar-refractivity contribution is 7.80. The molecule has 23 heavy (non-hydrogen) atoms. The van der Waals surface area contributed by atoms with Crippen molar-refractivity contribution in [3.63, 3.8) is 0 Å². The first kappa shape index (κ1) is 16.1. The molecule has 3 aliphatic carbocycles. The number of fused-ring (bicyclic) bond motifs is 5. The Bertz CT molecular complexity index is 532. The van der Waals surface area contributed by atoms with Gasteiger partial charge in [-0.3, -0.25) is 4.79 Å². The second-order valence-electron chi connectivity index (χ2n) is 9.21. The summed E-state index contributed by atoms with van der Waals surface area (Å²) in [6.45, 7) is 5.91. The molecule has 3 heteroatoms. The van der Waals surface area contributed by atoms with E-state index in [1.54, 1.807) is 0 Å². The van der Waals surface area contributed by atoms with E-state index in [1.807, 2.05) is 0 Å². The second kappa shape index (κ2) is 5.54. The average Bonchev–Trinajstić information content (AvgIpc) is 2.81. The Balaban J connectivity index is 1.62. The normalized spacial score (nSPS) is 50.2. The van der Waals surface area contributed by atoms with Crippen molar-refractivity contribution in [3.8, 4) is 0 Å². The fraction of sp³-hybridized carbons (Fsp3) is 0.900. The average molecular weight is 334 g/mol. The lowest BCUT2D eigenvalue weighted by Gasteiger charge is -2.58. The SMILES string of the molecule is C[C@]12CCC3[C@@H](CC[C@H]4CCC(=S)NCC[C@]34C)C1CCC2=O. The van der Waals surface area contributed by atoms with E-state index in [1.165, 1.54) is 38.5 Å². The van der Waals surface area contributed by atoms with Crippen molar-refractivity contribution >= 4 is 23.0 Å². The number of hydrogen-bond acceptors (Lipinski definition) is 2. The molecule has 2 nitrogen and oxygen atoms in total. The second-order valence-corrected chi connectivity index (χ2v) is 9.71. The monoisotopic (exact) mass is 333 g/mol. The van der Waals surface area contributed by atoms with Crippen LogP contribution < -0.4 is 5.32 Å². The van der Waals surface area contributed by atoms with Gasteiger partial charge in [-0.05, 0) is 80.5 Å². The quantitative estimate of drug-likeness (QED) is 0.661. The Labute approximate surface area is 146 Å². The van der Waals surface area contributed by atoms with Crippen LogP contribution in [0.2, 0.25) is 0 Å². The highest BCUT2D eigenvalue weighted by Gasteiger charge is 2.59. The Kier molecular flexibility index (Phi) is 3.87. The molecule has 4 aliphatic rings. The number of rotatable bonds is 0. The molecule has 128 valence electrons. The molecule has 4 rings (SSSR count). The van der Waals surface area contributed by atoms with E-state index in [4.69, 9.17) is 12.2 Å². The predicted molar refractivity (Wildman–Crippen MR) is 97.3 cm³/mol. The molecule has 0 aromatic carbocycles. The molecule has 0 spiro atoms. The summed E-state index contributed by atoms with van der Waals surface area (Å²) < 4.78 is 0. The van der Waals surface area contributed by atoms with Crippen LogP contribution in [0, 0.1) is 34.5 Å². The maximum Gasteiger partial charge on any atom is 0.139 e. The molecule has 1 heterocycles. The number of carbonyl (C=O) groups excluding carboxylic acids is 1. The summed E-state index contributed by atoms with van der Waals surface area (Å²) in [5.41, 5.74) is 0.477. The highest BCUT2D eigenvalue weighted by atomic mass is 32.1. The lowest BCUT2D eigenvalue weighted by molar-refractivity contribution is -0.136. The van der Waals surface area contributed by atoms with Gasteiger partial charge in [0.1, 0.15) is 5.78 Å². The maximum absolute atomic E-state index is 12.5. The topological polar surface area (TPSA) is 29.1 Å². The number of Topliss-reactive ketones (excluding diaryl/α,β-unsaturated/α-hetero) is 1. The van der Waals surface area contributed by atoms with Gasteiger partial charge in [0.2, 0.25) is 0 Å². The first-order valence-electron chi connectivity index (χ1n) is 9.75. The van der Waals surface area contributed by atoms with Crippen LogP contribution in [0.4, 0.5) is 0 Å². The molecular weight excluding hydrogens is 302 g/mol. The minimum absolute atomic E-state index is 0.0196. The summed E-state index contributed by atoms with van der Waals surface area (Å²) in [5.74, 6) is 3.71. The molecule has 0 aromatic rings. The number of nitrogens with one attached hydrogen (secondary N) is 1. The first-order chi connectivity index (χ1) is 10.9. The Hall–Kier alpha value is -0.440. The highest BCUT2D eigenvalue weighted by Crippen LogP contribution is 2.64. The molecule has 3 saturated carbocycles. The lowest BCUT2D eigenvalue weighted by atomic mass is 9.46. The van der Waals surface area contributed by atoms with Gasteiger partial charge in [-0.2, -0.15) is 0 Å². The maximum atomic E-state index is 12.5. The number of ketones is 1. The van der Waals surface area contributed by atoms with E-state index in [0.717, 1.165) is 48.5 Å². The molecule has 1 aliphatic heterocycles. The Morgan fingerprint density at radius 3 is 2.65 bits per heavy atom. The zero-order valence-corrected chi connectivity index (χ0v) is 15.5. The smallest absolute Gasteiger partial charge is 0.139 e. The van der Waals surface area contributed by atoms with Gasteiger partial charge in [0, 0.05) is 18.4 Å². The van der Waals surface area contributed by atoms with Crippen molar-refractivity contribution in [3.05, 3.63) is 0 Å². The molecule has 6 atom stereocenters. The van der Waals surface area contributed by atoms with Crippen LogP contribution >= 0.6 is 12.2 Å². The van der Waals surface area contributed by atoms with E-state index in [9.17, 15) is 4.79 Å². The molecule has 0 bridgehead atoms. The van der Waals surface area contributed by atoms with Gasteiger partial charge in [0.15, 0.2) is 0 Å². The molecule has 0 amide bonds. The molecule has 4 fully saturated rings. The fourth-order valence-electron chi connectivity index (χ4n) is 7.03. The molecule has 0 aromatic heterocycles. The van der Waals surface area contributed by atoms with Gasteiger partial charge in [-0.25, -0.2) is 0 Å². The summed E-state index contributed by atoms with van der Waals surface area (Å²) in [6, 6.07) is 0. The largest absolute Gasteiger partial charge is 0.380 e. The minimum atomic E-state index is 0.0196. The van der Waals surface area contributed by atoms with E-state index in [2.05, 4.69) is 19.2 Å². The summed E-state index contributed by atoms with van der Waals surface area (Å²) in [4.78, 5) is 13.6. The first-order valence-corrected chi connectivity index (χ1v) is 10.2. The van der Waals surface area contributed by atoms with Crippen molar-refractivity contribution in [2.45, 2.75) is 71.6 Å². The van der Waals surface area contributed by atoms with E-state index in [-0.39, 0.29) is 5.41 Å². The molecule has 1 N–H and O–H groups in total. The molecule has 2 unspecified atom stereocenters. The van der Waals surface area contributed by atoms with E-state index >= 15 is 0 Å². The van der Waals surface area contributed by atoms with Gasteiger partial charge in [0.25, 0.3) is 0 Å². The van der Waals surface area contributed by atoms with Gasteiger partial charge < -0.3 is 5.32 Å². The summed E-state index contributed by atoms with van der Waals surface area (Å²) in [6.07, 6.45) is 10.8. The van der Waals surface area contributed by atoms with Crippen LogP contribution in [0.15, 0.2) is 0 Å². The summed E-state index contributed by atoms with van der Waals surface area (Å²) in [5, 5.41) is 3.48. The Morgan fingerprint density at radius 1 is 1.00 bits per heavy atom. The van der Waals surface area contributed by atoms with E-state index < -0.39 is 0 Å². The van der Waals surface area contributed by atoms with Gasteiger partial charge in [0.05, 0.1) is 4.99 Å². The van der Waals surface area contributed by atoms with Crippen molar-refractivity contribution in [2.75, 3.05) is 6.54 Å².